The van der Waals surface area contributed by atoms with Crippen LogP contribution < -0.4 is 10.1 Å². The third-order valence-corrected chi connectivity index (χ3v) is 8.07. The second-order valence-electron chi connectivity index (χ2n) is 11.4. The van der Waals surface area contributed by atoms with Crippen LogP contribution in [0.25, 0.3) is 34.3 Å². The van der Waals surface area contributed by atoms with Crippen LogP contribution in [0.3, 0.4) is 0 Å². The van der Waals surface area contributed by atoms with Gasteiger partial charge in [-0.2, -0.15) is 31.3 Å². The summed E-state index contributed by atoms with van der Waals surface area (Å²) in [5.41, 5.74) is -0.292. The molecule has 2 atom stereocenters. The molecule has 0 radical (unpaired) electrons. The molecule has 3 N–H and O–H groups in total. The van der Waals surface area contributed by atoms with E-state index in [2.05, 4.69) is 20.6 Å². The number of aliphatic hydroxyl groups is 1. The molecular weight excluding hydrogens is 682 g/mol. The molecule has 268 valence electrons. The van der Waals surface area contributed by atoms with Crippen LogP contribution in [0.1, 0.15) is 49.8 Å². The Balaban J connectivity index is 0.000000630. The van der Waals surface area contributed by atoms with Gasteiger partial charge < -0.3 is 34.0 Å². The highest BCUT2D eigenvalue weighted by atomic mass is 19.4. The van der Waals surface area contributed by atoms with Gasteiger partial charge in [-0.3, -0.25) is 4.79 Å². The molecule has 0 amide bonds. The van der Waals surface area contributed by atoms with Gasteiger partial charge in [0.1, 0.15) is 29.7 Å². The first-order valence-electron chi connectivity index (χ1n) is 15.3. The van der Waals surface area contributed by atoms with Gasteiger partial charge in [-0.1, -0.05) is 52.8 Å². The van der Waals surface area contributed by atoms with Gasteiger partial charge in [0, 0.05) is 22.7 Å². The summed E-state index contributed by atoms with van der Waals surface area (Å²) in [6.07, 6.45) is -7.73. The van der Waals surface area contributed by atoms with Crippen LogP contribution in [0.2, 0.25) is 0 Å². The van der Waals surface area contributed by atoms with Crippen molar-refractivity contribution in [3.05, 3.63) is 59.7 Å². The van der Waals surface area contributed by atoms with Crippen molar-refractivity contribution < 1.29 is 64.7 Å². The van der Waals surface area contributed by atoms with E-state index in [1.165, 1.54) is 12.1 Å². The zero-order chi connectivity index (χ0) is 36.2. The Hall–Kier alpha value is -4.97. The maximum Gasteiger partial charge on any atom is 0.490 e. The van der Waals surface area contributed by atoms with E-state index >= 15 is 0 Å². The van der Waals surface area contributed by atoms with Crippen molar-refractivity contribution in [2.45, 2.75) is 63.1 Å². The van der Waals surface area contributed by atoms with Crippen molar-refractivity contribution in [2.75, 3.05) is 13.2 Å². The first kappa shape index (κ1) is 36.3. The predicted molar refractivity (Wildman–Crippen MR) is 159 cm³/mol. The van der Waals surface area contributed by atoms with E-state index in [0.29, 0.717) is 23.5 Å². The monoisotopic (exact) mass is 712 g/mol. The fraction of sp³-hybridized carbons (Fsp3) is 0.406. The number of fused-ring (bicyclic) bond motifs is 1. The lowest BCUT2D eigenvalue weighted by Crippen LogP contribution is -2.48. The smallest absolute Gasteiger partial charge is 0.490 e. The lowest BCUT2D eigenvalue weighted by Gasteiger charge is -2.36. The number of rotatable bonds is 7. The number of carboxylic acids is 1. The molecule has 2 unspecified atom stereocenters. The third-order valence-electron chi connectivity index (χ3n) is 8.07. The van der Waals surface area contributed by atoms with E-state index in [0.717, 1.165) is 25.7 Å². The molecule has 1 fully saturated rings. The number of aliphatic hydroxyl groups excluding tert-OH is 1. The molecule has 18 heteroatoms. The topological polar surface area (TPSA) is 170 Å². The number of nitrogens with one attached hydrogen (secondary N) is 1. The van der Waals surface area contributed by atoms with Gasteiger partial charge in [-0.25, -0.2) is 4.79 Å². The van der Waals surface area contributed by atoms with Crippen LogP contribution in [0.4, 0.5) is 26.3 Å². The first-order chi connectivity index (χ1) is 23.7. The van der Waals surface area contributed by atoms with E-state index in [4.69, 9.17) is 28.4 Å². The molecule has 0 spiro atoms. The fourth-order valence-corrected chi connectivity index (χ4v) is 5.65. The summed E-state index contributed by atoms with van der Waals surface area (Å²) in [4.78, 5) is 25.1. The van der Waals surface area contributed by atoms with Crippen molar-refractivity contribution in [3.63, 3.8) is 0 Å². The number of aliphatic carboxylic acids is 1. The molecule has 0 bridgehead atoms. The summed E-state index contributed by atoms with van der Waals surface area (Å²) in [5, 5.41) is 29.2. The maximum absolute atomic E-state index is 14.1. The molecule has 3 heterocycles. The Labute approximate surface area is 279 Å². The Morgan fingerprint density at radius 1 is 0.960 bits per heavy atom. The van der Waals surface area contributed by atoms with Crippen LogP contribution in [0, 0.1) is 5.92 Å². The summed E-state index contributed by atoms with van der Waals surface area (Å²) in [6, 6.07) is 12.5. The van der Waals surface area contributed by atoms with Gasteiger partial charge in [-0.15, -0.1) is 0 Å². The highest BCUT2D eigenvalue weighted by Gasteiger charge is 2.43. The number of carbonyl (C=O) groups excluding carboxylic acids is 1. The highest BCUT2D eigenvalue weighted by Crippen LogP contribution is 2.43. The minimum absolute atomic E-state index is 0.0142. The van der Waals surface area contributed by atoms with Crippen LogP contribution in [0.15, 0.2) is 57.6 Å². The summed E-state index contributed by atoms with van der Waals surface area (Å²) < 4.78 is 95.3. The van der Waals surface area contributed by atoms with Gasteiger partial charge in [0.25, 0.3) is 5.89 Å². The third kappa shape index (κ3) is 8.24. The molecule has 1 aliphatic heterocycles. The zero-order valence-corrected chi connectivity index (χ0v) is 26.1. The predicted octanol–water partition coefficient (Wildman–Crippen LogP) is 6.22. The van der Waals surface area contributed by atoms with Crippen LogP contribution in [0.5, 0.6) is 5.75 Å². The summed E-state index contributed by atoms with van der Waals surface area (Å²) >= 11 is 0. The Morgan fingerprint density at radius 3 is 2.26 bits per heavy atom. The maximum atomic E-state index is 14.1. The van der Waals surface area contributed by atoms with Gasteiger partial charge in [0.05, 0.1) is 18.6 Å². The first-order valence-corrected chi connectivity index (χ1v) is 15.3. The highest BCUT2D eigenvalue weighted by molar-refractivity contribution is 5.73. The van der Waals surface area contributed by atoms with Crippen molar-refractivity contribution in [1.82, 2.24) is 20.6 Å². The molecule has 2 aromatic carbocycles. The minimum atomic E-state index is -5.08. The normalized spacial score (nSPS) is 20.6. The number of esters is 1. The van der Waals surface area contributed by atoms with E-state index in [1.807, 2.05) is 0 Å². The van der Waals surface area contributed by atoms with Gasteiger partial charge >= 0.3 is 24.3 Å². The van der Waals surface area contributed by atoms with Crippen LogP contribution in [-0.2, 0) is 20.5 Å². The number of hydrogen-bond acceptors (Lipinski definition) is 11. The number of halogens is 6. The van der Waals surface area contributed by atoms with Gasteiger partial charge in [0.2, 0.25) is 11.6 Å². The number of benzene rings is 2. The lowest BCUT2D eigenvalue weighted by atomic mass is 9.85. The van der Waals surface area contributed by atoms with E-state index < -0.39 is 41.6 Å². The molecule has 2 aromatic heterocycles. The lowest BCUT2D eigenvalue weighted by molar-refractivity contribution is -0.192. The molecule has 4 aromatic rings. The van der Waals surface area contributed by atoms with Crippen molar-refractivity contribution in [3.8, 4) is 40.0 Å². The number of aromatic nitrogens is 3. The molecule has 1 aliphatic carbocycles. The van der Waals surface area contributed by atoms with Gasteiger partial charge in [0.15, 0.2) is 0 Å². The molecule has 2 aliphatic rings. The average molecular weight is 713 g/mol. The minimum Gasteiger partial charge on any atom is -0.491 e. The fourth-order valence-electron chi connectivity index (χ4n) is 5.65. The Bertz CT molecular complexity index is 1780. The number of hydrogen-bond donors (Lipinski definition) is 3. The van der Waals surface area contributed by atoms with E-state index in [9.17, 15) is 36.2 Å². The molecule has 0 saturated heterocycles. The average Bonchev–Trinajstić information content (AvgIpc) is 3.75. The number of ether oxygens (including phenoxy) is 2. The molecule has 12 nitrogen and oxygen atoms in total. The second-order valence-corrected chi connectivity index (χ2v) is 11.4. The van der Waals surface area contributed by atoms with Crippen molar-refractivity contribution >= 4 is 11.9 Å². The largest absolute Gasteiger partial charge is 0.491 e. The quantitative estimate of drug-likeness (QED) is 0.146. The number of nitrogens with zero attached hydrogens (tertiary/aromatic N) is 3. The summed E-state index contributed by atoms with van der Waals surface area (Å²) in [6.45, 7) is 2.36. The standard InChI is InChI=1S/C30H29F3N4O6.C2HF3O2/c1-2-40-29(39)17-8-11-19(12-9-17)34-21-15-41-22-14-18(10-13-20(22)25(21)38)27-35-28(43-37-27)26-23(30(31,32)33)24(36-42-26)16-6-4-3-5-7-16;3-2(4,5)1(6)7/h3-7,10,13-14,17,19,21,25,34,38H,2,8-9,11-12,15H2,1H3;(H,6,7). The number of alkyl halides is 6. The van der Waals surface area contributed by atoms with Crippen molar-refractivity contribution in [2.24, 2.45) is 5.92 Å². The molecule has 50 heavy (non-hydrogen) atoms. The van der Waals surface area contributed by atoms with Gasteiger partial charge in [-0.05, 0) is 38.7 Å². The second kappa shape index (κ2) is 14.9. The SMILES string of the molecule is CCOC(=O)C1CCC(NC2COc3cc(-c4noc(-c5onc(-c6ccccc6)c5C(F)(F)F)n4)ccc3C2O)CC1.O=C(O)C(F)(F)F. The summed E-state index contributed by atoms with van der Waals surface area (Å²) in [7, 11) is 0. The van der Waals surface area contributed by atoms with E-state index in [1.54, 1.807) is 43.3 Å². The van der Waals surface area contributed by atoms with Crippen LogP contribution in [-0.4, -0.2) is 68.9 Å². The molecular formula is C32H30F6N4O8. The summed E-state index contributed by atoms with van der Waals surface area (Å²) in [5.74, 6) is -3.74. The number of carboxylic acid groups (broad SMARTS) is 1. The van der Waals surface area contributed by atoms with Crippen LogP contribution >= 0.6 is 0 Å². The Kier molecular flexibility index (Phi) is 10.8. The van der Waals surface area contributed by atoms with E-state index in [-0.39, 0.29) is 47.7 Å². The Morgan fingerprint density at radius 2 is 1.64 bits per heavy atom. The zero-order valence-electron chi connectivity index (χ0n) is 26.1. The molecule has 6 rings (SSSR count). The molecule has 1 saturated carbocycles. The van der Waals surface area contributed by atoms with Crippen molar-refractivity contribution in [1.29, 1.82) is 0 Å². The number of carbonyl (C=O) groups is 2.